The third kappa shape index (κ3) is 2.88. The van der Waals surface area contributed by atoms with Crippen LogP contribution in [-0.2, 0) is 0 Å². The molecule has 0 saturated carbocycles. The van der Waals surface area contributed by atoms with Crippen molar-refractivity contribution < 1.29 is 5.11 Å². The summed E-state index contributed by atoms with van der Waals surface area (Å²) in [4.78, 5) is 0. The summed E-state index contributed by atoms with van der Waals surface area (Å²) in [6, 6.07) is 19.9. The van der Waals surface area contributed by atoms with E-state index in [1.807, 2.05) is 54.6 Å². The lowest BCUT2D eigenvalue weighted by atomic mass is 9.87. The fourth-order valence-corrected chi connectivity index (χ4v) is 2.21. The predicted octanol–water partition coefficient (Wildman–Crippen LogP) is 4.08. The molecule has 0 aliphatic rings. The maximum absolute atomic E-state index is 10.5. The van der Waals surface area contributed by atoms with Crippen molar-refractivity contribution in [2.75, 3.05) is 0 Å². The normalized spacial score (nSPS) is 13.8. The van der Waals surface area contributed by atoms with Crippen LogP contribution in [0.15, 0.2) is 73.3 Å². The van der Waals surface area contributed by atoms with Gasteiger partial charge in [0.15, 0.2) is 0 Å². The van der Waals surface area contributed by atoms with Crippen molar-refractivity contribution in [3.63, 3.8) is 0 Å². The summed E-state index contributed by atoms with van der Waals surface area (Å²) in [6.45, 7) is 3.79. The van der Waals surface area contributed by atoms with E-state index in [0.29, 0.717) is 0 Å². The van der Waals surface area contributed by atoms with Gasteiger partial charge in [-0.2, -0.15) is 0 Å². The van der Waals surface area contributed by atoms with Crippen molar-refractivity contribution in [2.24, 2.45) is 0 Å². The average Bonchev–Trinajstić information content (AvgIpc) is 2.46. The Hall–Kier alpha value is -1.86. The maximum Gasteiger partial charge on any atom is 0.0861 e. The molecule has 0 aliphatic carbocycles. The molecule has 0 saturated heterocycles. The topological polar surface area (TPSA) is 20.2 Å². The molecule has 0 bridgehead atoms. The molecule has 92 valence electrons. The summed E-state index contributed by atoms with van der Waals surface area (Å²) in [5.41, 5.74) is 2.10. The second-order valence-electron chi connectivity index (χ2n) is 4.40. The number of benzene rings is 2. The summed E-state index contributed by atoms with van der Waals surface area (Å²) in [6.07, 6.45) is 2.13. The number of allylic oxidation sites excluding steroid dienone is 1. The molecule has 0 aromatic heterocycles. The number of aliphatic hydroxyl groups excluding tert-OH is 1. The van der Waals surface area contributed by atoms with Crippen molar-refractivity contribution in [3.8, 4) is 0 Å². The molecule has 0 unspecified atom stereocenters. The Bertz CT molecular complexity index is 475. The first-order valence-corrected chi connectivity index (χ1v) is 6.21. The molecule has 0 amide bonds. The van der Waals surface area contributed by atoms with E-state index in [1.165, 1.54) is 0 Å². The molecule has 1 nitrogen and oxygen atoms in total. The van der Waals surface area contributed by atoms with Gasteiger partial charge >= 0.3 is 0 Å². The average molecular weight is 238 g/mol. The zero-order valence-electron chi connectivity index (χ0n) is 10.4. The van der Waals surface area contributed by atoms with E-state index in [9.17, 15) is 5.11 Å². The lowest BCUT2D eigenvalue weighted by Gasteiger charge is -2.22. The molecule has 18 heavy (non-hydrogen) atoms. The van der Waals surface area contributed by atoms with Gasteiger partial charge in [-0.3, -0.25) is 0 Å². The fourth-order valence-electron chi connectivity index (χ4n) is 2.21. The van der Waals surface area contributed by atoms with Gasteiger partial charge in [0, 0.05) is 5.92 Å². The van der Waals surface area contributed by atoms with E-state index in [2.05, 4.69) is 18.7 Å². The maximum atomic E-state index is 10.5. The number of aliphatic hydroxyl groups is 1. The fraction of sp³-hybridized carbons (Fsp3) is 0.176. The second-order valence-corrected chi connectivity index (χ2v) is 4.40. The van der Waals surface area contributed by atoms with Gasteiger partial charge in [-0.15, -0.1) is 6.58 Å². The number of hydrogen-bond acceptors (Lipinski definition) is 1. The molecule has 1 heteroatoms. The standard InChI is InChI=1S/C17H18O/c1-2-9-16(14-10-5-3-6-11-14)17(18)15-12-7-4-8-13-15/h2-8,10-13,16-18H,1,9H2/t16-,17+/m0/s1. The van der Waals surface area contributed by atoms with Crippen LogP contribution in [0.5, 0.6) is 0 Å². The summed E-state index contributed by atoms with van der Waals surface area (Å²) < 4.78 is 0. The molecule has 2 rings (SSSR count). The van der Waals surface area contributed by atoms with Crippen LogP contribution in [0.4, 0.5) is 0 Å². The molecular weight excluding hydrogens is 220 g/mol. The highest BCUT2D eigenvalue weighted by Crippen LogP contribution is 2.33. The molecule has 0 fully saturated rings. The van der Waals surface area contributed by atoms with E-state index in [4.69, 9.17) is 0 Å². The zero-order valence-corrected chi connectivity index (χ0v) is 10.4. The summed E-state index contributed by atoms with van der Waals surface area (Å²) in [5.74, 6) is 0.0612. The molecule has 0 spiro atoms. The van der Waals surface area contributed by atoms with Crippen LogP contribution in [0.1, 0.15) is 29.6 Å². The van der Waals surface area contributed by atoms with E-state index in [1.54, 1.807) is 0 Å². The van der Waals surface area contributed by atoms with Gasteiger partial charge in [0.05, 0.1) is 6.10 Å². The van der Waals surface area contributed by atoms with E-state index < -0.39 is 6.10 Å². The summed E-state index contributed by atoms with van der Waals surface area (Å²) >= 11 is 0. The summed E-state index contributed by atoms with van der Waals surface area (Å²) in [7, 11) is 0. The van der Waals surface area contributed by atoms with Gasteiger partial charge < -0.3 is 5.11 Å². The van der Waals surface area contributed by atoms with Gasteiger partial charge in [-0.05, 0) is 17.5 Å². The van der Waals surface area contributed by atoms with Crippen LogP contribution in [0, 0.1) is 0 Å². The second kappa shape index (κ2) is 6.18. The highest BCUT2D eigenvalue weighted by molar-refractivity contribution is 5.27. The first-order valence-electron chi connectivity index (χ1n) is 6.21. The summed E-state index contributed by atoms with van der Waals surface area (Å²) in [5, 5.41) is 10.5. The third-order valence-electron chi connectivity index (χ3n) is 3.17. The van der Waals surface area contributed by atoms with Crippen LogP contribution in [0.2, 0.25) is 0 Å². The Balaban J connectivity index is 2.28. The predicted molar refractivity (Wildman–Crippen MR) is 75.4 cm³/mol. The van der Waals surface area contributed by atoms with Gasteiger partial charge in [-0.1, -0.05) is 66.7 Å². The third-order valence-corrected chi connectivity index (χ3v) is 3.17. The smallest absolute Gasteiger partial charge is 0.0861 e. The van der Waals surface area contributed by atoms with Crippen LogP contribution in [-0.4, -0.2) is 5.11 Å². The Morgan fingerprint density at radius 3 is 1.89 bits per heavy atom. The molecule has 0 radical (unpaired) electrons. The van der Waals surface area contributed by atoms with Crippen LogP contribution < -0.4 is 0 Å². The molecule has 0 heterocycles. The van der Waals surface area contributed by atoms with Crippen molar-refractivity contribution in [1.82, 2.24) is 0 Å². The van der Waals surface area contributed by atoms with Gasteiger partial charge in [-0.25, -0.2) is 0 Å². The molecular formula is C17H18O. The SMILES string of the molecule is C=CC[C@@H](c1ccccc1)[C@H](O)c1ccccc1. The Kier molecular flexibility index (Phi) is 4.32. The monoisotopic (exact) mass is 238 g/mol. The molecule has 2 aromatic rings. The highest BCUT2D eigenvalue weighted by Gasteiger charge is 2.21. The van der Waals surface area contributed by atoms with Gasteiger partial charge in [0.2, 0.25) is 0 Å². The van der Waals surface area contributed by atoms with Crippen molar-refractivity contribution >= 4 is 0 Å². The van der Waals surface area contributed by atoms with Crippen molar-refractivity contribution in [2.45, 2.75) is 18.4 Å². The molecule has 0 aliphatic heterocycles. The van der Waals surface area contributed by atoms with E-state index in [-0.39, 0.29) is 5.92 Å². The Morgan fingerprint density at radius 2 is 1.39 bits per heavy atom. The van der Waals surface area contributed by atoms with Gasteiger partial charge in [0.1, 0.15) is 0 Å². The minimum atomic E-state index is -0.494. The lowest BCUT2D eigenvalue weighted by molar-refractivity contribution is 0.145. The van der Waals surface area contributed by atoms with Crippen LogP contribution in [0.25, 0.3) is 0 Å². The first-order chi connectivity index (χ1) is 8.83. The number of hydrogen-bond donors (Lipinski definition) is 1. The lowest BCUT2D eigenvalue weighted by Crippen LogP contribution is -2.10. The van der Waals surface area contributed by atoms with E-state index >= 15 is 0 Å². The quantitative estimate of drug-likeness (QED) is 0.778. The van der Waals surface area contributed by atoms with Crippen LogP contribution >= 0.6 is 0 Å². The van der Waals surface area contributed by atoms with Crippen molar-refractivity contribution in [1.29, 1.82) is 0 Å². The molecule has 2 atom stereocenters. The minimum absolute atomic E-state index is 0.0612. The van der Waals surface area contributed by atoms with Crippen molar-refractivity contribution in [3.05, 3.63) is 84.4 Å². The van der Waals surface area contributed by atoms with Gasteiger partial charge in [0.25, 0.3) is 0 Å². The molecule has 1 N–H and O–H groups in total. The minimum Gasteiger partial charge on any atom is -0.388 e. The van der Waals surface area contributed by atoms with E-state index in [0.717, 1.165) is 17.5 Å². The molecule has 2 aromatic carbocycles. The highest BCUT2D eigenvalue weighted by atomic mass is 16.3. The largest absolute Gasteiger partial charge is 0.388 e. The number of rotatable bonds is 5. The van der Waals surface area contributed by atoms with Crippen LogP contribution in [0.3, 0.4) is 0 Å². The Morgan fingerprint density at radius 1 is 0.889 bits per heavy atom. The zero-order chi connectivity index (χ0) is 12.8. The Labute approximate surface area is 108 Å². The first kappa shape index (κ1) is 12.6.